The van der Waals surface area contributed by atoms with Gasteiger partial charge in [-0.2, -0.15) is 15.0 Å². The number of nitrogens with two attached hydrogens (primary N) is 1. The predicted octanol–water partition coefficient (Wildman–Crippen LogP) is 1.94. The highest BCUT2D eigenvalue weighted by Crippen LogP contribution is 2.43. The Kier molecular flexibility index (Phi) is 4.53. The normalized spacial score (nSPS) is 25.7. The van der Waals surface area contributed by atoms with Crippen LogP contribution in [0.15, 0.2) is 12.2 Å². The van der Waals surface area contributed by atoms with Crippen molar-refractivity contribution in [3.05, 3.63) is 18.0 Å². The molecule has 2 bridgehead atoms. The van der Waals surface area contributed by atoms with E-state index >= 15 is 0 Å². The first-order chi connectivity index (χ1) is 10.9. The van der Waals surface area contributed by atoms with Gasteiger partial charge in [0.25, 0.3) is 0 Å². The molecule has 2 aliphatic rings. The van der Waals surface area contributed by atoms with Crippen molar-refractivity contribution in [2.45, 2.75) is 39.3 Å². The number of rotatable bonds is 6. The number of aromatic nitrogens is 3. The lowest BCUT2D eigenvalue weighted by Crippen LogP contribution is -2.36. The number of fused-ring (bicyclic) bond motifs is 2. The highest BCUT2D eigenvalue weighted by molar-refractivity contribution is 5.32. The fraction of sp³-hybridized carbons (Fsp3) is 0.706. The van der Waals surface area contributed by atoms with Gasteiger partial charge in [-0.3, -0.25) is 4.90 Å². The summed E-state index contributed by atoms with van der Waals surface area (Å²) in [6.07, 6.45) is 7.49. The summed E-state index contributed by atoms with van der Waals surface area (Å²) in [6.45, 7) is 6.30. The second kappa shape index (κ2) is 6.43. The summed E-state index contributed by atoms with van der Waals surface area (Å²) in [7, 11) is 3.83. The minimum absolute atomic E-state index is 0.297. The molecule has 0 saturated heterocycles. The van der Waals surface area contributed by atoms with Crippen molar-refractivity contribution in [1.82, 2.24) is 19.9 Å². The molecule has 1 heterocycles. The Balaban J connectivity index is 1.71. The first-order valence-corrected chi connectivity index (χ1v) is 8.52. The summed E-state index contributed by atoms with van der Waals surface area (Å²) < 4.78 is 0. The minimum atomic E-state index is 0.297. The van der Waals surface area contributed by atoms with Gasteiger partial charge >= 0.3 is 0 Å². The topological polar surface area (TPSA) is 71.2 Å². The summed E-state index contributed by atoms with van der Waals surface area (Å²) in [5, 5.41) is 0. The average molecular weight is 316 g/mol. The Labute approximate surface area is 138 Å². The van der Waals surface area contributed by atoms with E-state index in [1.54, 1.807) is 0 Å². The molecule has 3 atom stereocenters. The Morgan fingerprint density at radius 3 is 2.52 bits per heavy atom. The summed E-state index contributed by atoms with van der Waals surface area (Å²) in [6, 6.07) is 0.457. The lowest BCUT2D eigenvalue weighted by Gasteiger charge is -2.31. The van der Waals surface area contributed by atoms with E-state index in [0.29, 0.717) is 17.9 Å². The summed E-state index contributed by atoms with van der Waals surface area (Å²) >= 11 is 0. The molecule has 0 spiro atoms. The second-order valence-electron chi connectivity index (χ2n) is 7.37. The Morgan fingerprint density at radius 1 is 1.17 bits per heavy atom. The first-order valence-electron chi connectivity index (χ1n) is 8.52. The maximum atomic E-state index is 5.85. The highest BCUT2D eigenvalue weighted by atomic mass is 15.3. The van der Waals surface area contributed by atoms with Crippen molar-refractivity contribution in [3.63, 3.8) is 0 Å². The molecule has 0 radical (unpaired) electrons. The van der Waals surface area contributed by atoms with Crippen LogP contribution in [0.1, 0.15) is 32.5 Å². The zero-order valence-corrected chi connectivity index (χ0v) is 14.6. The maximum absolute atomic E-state index is 5.85. The van der Waals surface area contributed by atoms with Crippen LogP contribution in [0, 0.1) is 17.8 Å². The summed E-state index contributed by atoms with van der Waals surface area (Å²) in [5.41, 5.74) is 5.85. The highest BCUT2D eigenvalue weighted by Gasteiger charge is 2.36. The largest absolute Gasteiger partial charge is 0.368 e. The number of anilines is 2. The van der Waals surface area contributed by atoms with E-state index in [1.807, 2.05) is 19.0 Å². The van der Waals surface area contributed by atoms with Crippen LogP contribution < -0.4 is 10.6 Å². The van der Waals surface area contributed by atoms with Crippen molar-refractivity contribution in [3.8, 4) is 0 Å². The second-order valence-corrected chi connectivity index (χ2v) is 7.37. The predicted molar refractivity (Wildman–Crippen MR) is 93.0 cm³/mol. The van der Waals surface area contributed by atoms with Gasteiger partial charge in [-0.05, 0) is 44.4 Å². The van der Waals surface area contributed by atoms with Crippen LogP contribution in [-0.2, 0) is 6.54 Å². The lowest BCUT2D eigenvalue weighted by atomic mass is 9.92. The number of hydrogen-bond acceptors (Lipinski definition) is 6. The fourth-order valence-corrected chi connectivity index (χ4v) is 3.74. The van der Waals surface area contributed by atoms with Crippen molar-refractivity contribution in [2.24, 2.45) is 17.8 Å². The van der Waals surface area contributed by atoms with Gasteiger partial charge in [0.1, 0.15) is 5.82 Å². The number of nitrogen functional groups attached to an aromatic ring is 1. The van der Waals surface area contributed by atoms with Gasteiger partial charge in [0.2, 0.25) is 11.9 Å². The first kappa shape index (κ1) is 16.2. The van der Waals surface area contributed by atoms with Crippen LogP contribution in [0.3, 0.4) is 0 Å². The monoisotopic (exact) mass is 316 g/mol. The SMILES string of the molecule is CC(C)N(Cc1nc(N)nc(N(C)C)n1)C[C@@H]1C[C@H]2C=C[C@H]1C2. The molecule has 2 aliphatic carbocycles. The van der Waals surface area contributed by atoms with Crippen molar-refractivity contribution >= 4 is 11.9 Å². The zero-order chi connectivity index (χ0) is 16.6. The third-order valence-electron chi connectivity index (χ3n) is 5.05. The third kappa shape index (κ3) is 3.63. The van der Waals surface area contributed by atoms with Gasteiger partial charge < -0.3 is 10.6 Å². The van der Waals surface area contributed by atoms with Crippen molar-refractivity contribution in [1.29, 1.82) is 0 Å². The van der Waals surface area contributed by atoms with Gasteiger partial charge in [0, 0.05) is 26.7 Å². The Hall–Kier alpha value is -1.69. The Bertz CT molecular complexity index is 582. The van der Waals surface area contributed by atoms with E-state index in [0.717, 1.165) is 36.7 Å². The van der Waals surface area contributed by atoms with Gasteiger partial charge in [0.05, 0.1) is 6.54 Å². The quantitative estimate of drug-likeness (QED) is 0.809. The van der Waals surface area contributed by atoms with E-state index in [4.69, 9.17) is 5.73 Å². The molecule has 6 nitrogen and oxygen atoms in total. The fourth-order valence-electron chi connectivity index (χ4n) is 3.74. The number of nitrogens with zero attached hydrogens (tertiary/aromatic N) is 5. The molecule has 1 saturated carbocycles. The van der Waals surface area contributed by atoms with Crippen LogP contribution in [-0.4, -0.2) is 46.5 Å². The molecule has 126 valence electrons. The van der Waals surface area contributed by atoms with Gasteiger partial charge in [-0.15, -0.1) is 0 Å². The minimum Gasteiger partial charge on any atom is -0.368 e. The molecule has 23 heavy (non-hydrogen) atoms. The molecule has 3 rings (SSSR count). The zero-order valence-electron chi connectivity index (χ0n) is 14.6. The summed E-state index contributed by atoms with van der Waals surface area (Å²) in [5.74, 6) is 4.02. The number of hydrogen-bond donors (Lipinski definition) is 1. The molecule has 1 aromatic rings. The average Bonchev–Trinajstić information content (AvgIpc) is 3.08. The van der Waals surface area contributed by atoms with Crippen LogP contribution in [0.25, 0.3) is 0 Å². The maximum Gasteiger partial charge on any atom is 0.229 e. The van der Waals surface area contributed by atoms with Crippen LogP contribution in [0.2, 0.25) is 0 Å². The van der Waals surface area contributed by atoms with Gasteiger partial charge in [0.15, 0.2) is 0 Å². The molecule has 1 aromatic heterocycles. The van der Waals surface area contributed by atoms with Gasteiger partial charge in [-0.25, -0.2) is 0 Å². The van der Waals surface area contributed by atoms with E-state index < -0.39 is 0 Å². The van der Waals surface area contributed by atoms with Crippen molar-refractivity contribution in [2.75, 3.05) is 31.3 Å². The number of allylic oxidation sites excluding steroid dienone is 2. The van der Waals surface area contributed by atoms with E-state index in [-0.39, 0.29) is 0 Å². The molecular formula is C17H28N6. The van der Waals surface area contributed by atoms with E-state index in [1.165, 1.54) is 12.8 Å². The van der Waals surface area contributed by atoms with Crippen LogP contribution in [0.4, 0.5) is 11.9 Å². The van der Waals surface area contributed by atoms with Crippen LogP contribution in [0.5, 0.6) is 0 Å². The molecule has 0 aliphatic heterocycles. The third-order valence-corrected chi connectivity index (χ3v) is 5.05. The van der Waals surface area contributed by atoms with Gasteiger partial charge in [-0.1, -0.05) is 12.2 Å². The van der Waals surface area contributed by atoms with E-state index in [2.05, 4.69) is 45.9 Å². The van der Waals surface area contributed by atoms with E-state index in [9.17, 15) is 0 Å². The molecule has 6 heteroatoms. The molecule has 0 aromatic carbocycles. The van der Waals surface area contributed by atoms with Crippen LogP contribution >= 0.6 is 0 Å². The summed E-state index contributed by atoms with van der Waals surface area (Å²) in [4.78, 5) is 17.4. The molecule has 1 fully saturated rings. The standard InChI is InChI=1S/C17H28N6/c1-11(2)23(9-14-8-12-5-6-13(14)7-12)10-15-19-16(18)21-17(20-15)22(3)4/h5-6,11-14H,7-10H2,1-4H3,(H2,18,19,20,21)/t12-,13-,14-/m0/s1. The molecular weight excluding hydrogens is 288 g/mol. The molecule has 0 amide bonds. The smallest absolute Gasteiger partial charge is 0.229 e. The molecule has 0 unspecified atom stereocenters. The Morgan fingerprint density at radius 2 is 1.96 bits per heavy atom. The molecule has 2 N–H and O–H groups in total. The lowest BCUT2D eigenvalue weighted by molar-refractivity contribution is 0.163. The van der Waals surface area contributed by atoms with Crippen molar-refractivity contribution < 1.29 is 0 Å².